The molecule has 1 saturated heterocycles. The van der Waals surface area contributed by atoms with Crippen LogP contribution in [0, 0.1) is 0 Å². The molecule has 0 aliphatic carbocycles. The Morgan fingerprint density at radius 2 is 2.11 bits per heavy atom. The van der Waals surface area contributed by atoms with Gasteiger partial charge in [0.15, 0.2) is 0 Å². The monoisotopic (exact) mass is 283 g/mol. The summed E-state index contributed by atoms with van der Waals surface area (Å²) in [7, 11) is 0. The Morgan fingerprint density at radius 3 is 2.74 bits per heavy atom. The van der Waals surface area contributed by atoms with E-state index in [0.717, 1.165) is 50.7 Å². The van der Waals surface area contributed by atoms with Gasteiger partial charge < -0.3 is 9.80 Å². The standard InChI is InChI=1S/C12H21N5OS/c1-2-16-5-7-17(8-6-16)4-3-11-14-9-10(19-11)12(18)15-13/h9H,2-8,13H2,1H3,(H,15,18). The van der Waals surface area contributed by atoms with Crippen LogP contribution in [0.2, 0.25) is 0 Å². The van der Waals surface area contributed by atoms with Crippen molar-refractivity contribution in [1.82, 2.24) is 20.2 Å². The molecule has 0 aromatic carbocycles. The maximum atomic E-state index is 11.3. The van der Waals surface area contributed by atoms with Crippen molar-refractivity contribution < 1.29 is 4.79 Å². The molecule has 19 heavy (non-hydrogen) atoms. The smallest absolute Gasteiger partial charge is 0.276 e. The van der Waals surface area contributed by atoms with Crippen LogP contribution in [0.25, 0.3) is 0 Å². The molecular weight excluding hydrogens is 262 g/mol. The first-order valence-corrected chi connectivity index (χ1v) is 7.45. The van der Waals surface area contributed by atoms with Gasteiger partial charge in [-0.1, -0.05) is 6.92 Å². The van der Waals surface area contributed by atoms with Crippen LogP contribution in [0.4, 0.5) is 0 Å². The maximum absolute atomic E-state index is 11.3. The Morgan fingerprint density at radius 1 is 1.42 bits per heavy atom. The molecule has 3 N–H and O–H groups in total. The number of rotatable bonds is 5. The molecule has 2 heterocycles. The molecule has 1 aromatic heterocycles. The number of thiazole rings is 1. The third-order valence-corrected chi connectivity index (χ3v) is 4.52. The molecular formula is C12H21N5OS. The van der Waals surface area contributed by atoms with E-state index < -0.39 is 0 Å². The Labute approximate surface area is 117 Å². The van der Waals surface area contributed by atoms with E-state index in [2.05, 4.69) is 27.1 Å². The lowest BCUT2D eigenvalue weighted by molar-refractivity contribution is 0.0957. The van der Waals surface area contributed by atoms with E-state index in [0.29, 0.717) is 4.88 Å². The van der Waals surface area contributed by atoms with Gasteiger partial charge in [0.1, 0.15) is 4.88 Å². The second-order valence-corrected chi connectivity index (χ2v) is 5.73. The van der Waals surface area contributed by atoms with Crippen LogP contribution in [-0.2, 0) is 6.42 Å². The number of nitrogens with one attached hydrogen (secondary N) is 1. The summed E-state index contributed by atoms with van der Waals surface area (Å²) in [4.78, 5) is 21.1. The molecule has 0 radical (unpaired) electrons. The molecule has 6 nitrogen and oxygen atoms in total. The molecule has 7 heteroatoms. The minimum Gasteiger partial charge on any atom is -0.301 e. The Kier molecular flexibility index (Phi) is 5.26. The average molecular weight is 283 g/mol. The first-order valence-electron chi connectivity index (χ1n) is 6.63. The van der Waals surface area contributed by atoms with E-state index in [4.69, 9.17) is 5.84 Å². The summed E-state index contributed by atoms with van der Waals surface area (Å²) in [6.45, 7) is 8.89. The van der Waals surface area contributed by atoms with Crippen molar-refractivity contribution in [2.75, 3.05) is 39.3 Å². The summed E-state index contributed by atoms with van der Waals surface area (Å²) >= 11 is 1.42. The quantitative estimate of drug-likeness (QED) is 0.449. The number of piperazine rings is 1. The van der Waals surface area contributed by atoms with E-state index in [1.165, 1.54) is 11.3 Å². The van der Waals surface area contributed by atoms with Crippen LogP contribution < -0.4 is 11.3 Å². The summed E-state index contributed by atoms with van der Waals surface area (Å²) in [5.74, 6) is 4.83. The molecule has 106 valence electrons. The summed E-state index contributed by atoms with van der Waals surface area (Å²) in [5, 5.41) is 0.997. The number of hydrogen-bond acceptors (Lipinski definition) is 6. The van der Waals surface area contributed by atoms with Crippen LogP contribution in [0.3, 0.4) is 0 Å². The van der Waals surface area contributed by atoms with Gasteiger partial charge in [-0.25, -0.2) is 10.8 Å². The zero-order valence-corrected chi connectivity index (χ0v) is 12.1. The molecule has 0 spiro atoms. The summed E-state index contributed by atoms with van der Waals surface area (Å²) in [6, 6.07) is 0. The van der Waals surface area contributed by atoms with E-state index in [-0.39, 0.29) is 5.91 Å². The average Bonchev–Trinajstić information content (AvgIpc) is 2.93. The normalized spacial score (nSPS) is 17.6. The molecule has 1 fully saturated rings. The lowest BCUT2D eigenvalue weighted by atomic mass is 10.3. The Balaban J connectivity index is 1.76. The Bertz CT molecular complexity index is 414. The second kappa shape index (κ2) is 6.95. The fraction of sp³-hybridized carbons (Fsp3) is 0.667. The van der Waals surface area contributed by atoms with Gasteiger partial charge in [-0.05, 0) is 6.54 Å². The van der Waals surface area contributed by atoms with Crippen molar-refractivity contribution in [1.29, 1.82) is 0 Å². The van der Waals surface area contributed by atoms with Gasteiger partial charge >= 0.3 is 0 Å². The van der Waals surface area contributed by atoms with Crippen LogP contribution in [0.5, 0.6) is 0 Å². The lowest BCUT2D eigenvalue weighted by Crippen LogP contribution is -2.46. The van der Waals surface area contributed by atoms with Crippen LogP contribution in [0.15, 0.2) is 6.20 Å². The number of nitrogens with zero attached hydrogens (tertiary/aromatic N) is 3. The number of likely N-dealkylation sites (N-methyl/N-ethyl adjacent to an activating group) is 1. The number of nitrogens with two attached hydrogens (primary N) is 1. The first kappa shape index (κ1) is 14.4. The zero-order chi connectivity index (χ0) is 13.7. The minimum atomic E-state index is -0.264. The topological polar surface area (TPSA) is 74.5 Å². The Hall–Kier alpha value is -1.02. The highest BCUT2D eigenvalue weighted by Crippen LogP contribution is 2.14. The highest BCUT2D eigenvalue weighted by molar-refractivity contribution is 7.13. The molecule has 1 aliphatic rings. The summed E-state index contributed by atoms with van der Waals surface area (Å²) in [6.07, 6.45) is 2.49. The van der Waals surface area contributed by atoms with Gasteiger partial charge in [0, 0.05) is 39.1 Å². The van der Waals surface area contributed by atoms with Crippen LogP contribution in [-0.4, -0.2) is 60.0 Å². The third-order valence-electron chi connectivity index (χ3n) is 3.46. The fourth-order valence-electron chi connectivity index (χ4n) is 2.18. The predicted molar refractivity (Wildman–Crippen MR) is 76.0 cm³/mol. The predicted octanol–water partition coefficient (Wildman–Crippen LogP) is -0.0734. The van der Waals surface area contributed by atoms with Crippen molar-refractivity contribution in [3.05, 3.63) is 16.1 Å². The molecule has 0 saturated carbocycles. The van der Waals surface area contributed by atoms with Gasteiger partial charge in [0.05, 0.1) is 11.2 Å². The van der Waals surface area contributed by atoms with Crippen molar-refractivity contribution in [2.24, 2.45) is 5.84 Å². The number of hydrazine groups is 1. The molecule has 0 unspecified atom stereocenters. The summed E-state index contributed by atoms with van der Waals surface area (Å²) < 4.78 is 0. The van der Waals surface area contributed by atoms with Crippen LogP contribution >= 0.6 is 11.3 Å². The SMILES string of the molecule is CCN1CCN(CCc2ncc(C(=O)NN)s2)CC1. The van der Waals surface area contributed by atoms with Crippen molar-refractivity contribution >= 4 is 17.2 Å². The number of aromatic nitrogens is 1. The van der Waals surface area contributed by atoms with Gasteiger partial charge in [-0.15, -0.1) is 11.3 Å². The zero-order valence-electron chi connectivity index (χ0n) is 11.3. The number of nitrogen functional groups attached to an aromatic ring is 1. The van der Waals surface area contributed by atoms with Crippen molar-refractivity contribution in [3.8, 4) is 0 Å². The van der Waals surface area contributed by atoms with Gasteiger partial charge in [-0.2, -0.15) is 0 Å². The molecule has 1 amide bonds. The van der Waals surface area contributed by atoms with Gasteiger partial charge in [0.2, 0.25) is 0 Å². The van der Waals surface area contributed by atoms with E-state index in [1.807, 2.05) is 0 Å². The number of hydrogen-bond donors (Lipinski definition) is 2. The van der Waals surface area contributed by atoms with Crippen LogP contribution in [0.1, 0.15) is 21.6 Å². The largest absolute Gasteiger partial charge is 0.301 e. The lowest BCUT2D eigenvalue weighted by Gasteiger charge is -2.33. The summed E-state index contributed by atoms with van der Waals surface area (Å²) in [5.41, 5.74) is 2.13. The number of carbonyl (C=O) groups is 1. The van der Waals surface area contributed by atoms with Crippen molar-refractivity contribution in [2.45, 2.75) is 13.3 Å². The highest BCUT2D eigenvalue weighted by Gasteiger charge is 2.16. The van der Waals surface area contributed by atoms with E-state index in [1.54, 1.807) is 6.20 Å². The van der Waals surface area contributed by atoms with Gasteiger partial charge in [-0.3, -0.25) is 10.2 Å². The first-order chi connectivity index (χ1) is 9.22. The molecule has 0 atom stereocenters. The number of amides is 1. The third kappa shape index (κ3) is 3.97. The van der Waals surface area contributed by atoms with Gasteiger partial charge in [0.25, 0.3) is 5.91 Å². The molecule has 1 aliphatic heterocycles. The fourth-order valence-corrected chi connectivity index (χ4v) is 2.99. The molecule has 2 rings (SSSR count). The maximum Gasteiger partial charge on any atom is 0.276 e. The van der Waals surface area contributed by atoms with E-state index >= 15 is 0 Å². The highest BCUT2D eigenvalue weighted by atomic mass is 32.1. The molecule has 1 aromatic rings. The number of carbonyl (C=O) groups excluding carboxylic acids is 1. The van der Waals surface area contributed by atoms with E-state index in [9.17, 15) is 4.79 Å². The minimum absolute atomic E-state index is 0.264. The molecule has 0 bridgehead atoms. The second-order valence-electron chi connectivity index (χ2n) is 4.62. The van der Waals surface area contributed by atoms with Crippen molar-refractivity contribution in [3.63, 3.8) is 0 Å².